The molecule has 0 spiro atoms. The molecule has 8 heteroatoms. The zero-order valence-electron chi connectivity index (χ0n) is 18.4. The SMILES string of the molecule is CC1(C)OB(c2ccc3c(c2)CCC3CC(=O)C2(CC(=O)C(F)(F)F)CC2)OC1(C)C. The number of rotatable bonds is 6. The van der Waals surface area contributed by atoms with Crippen LogP contribution in [0.3, 0.4) is 0 Å². The summed E-state index contributed by atoms with van der Waals surface area (Å²) < 4.78 is 50.2. The van der Waals surface area contributed by atoms with E-state index in [1.54, 1.807) is 0 Å². The Balaban J connectivity index is 1.44. The lowest BCUT2D eigenvalue weighted by Crippen LogP contribution is -2.41. The number of hydrogen-bond donors (Lipinski definition) is 0. The second-order valence-electron chi connectivity index (χ2n) is 10.3. The van der Waals surface area contributed by atoms with E-state index >= 15 is 0 Å². The van der Waals surface area contributed by atoms with Crippen molar-refractivity contribution < 1.29 is 32.1 Å². The van der Waals surface area contributed by atoms with Crippen molar-refractivity contribution >= 4 is 24.1 Å². The summed E-state index contributed by atoms with van der Waals surface area (Å²) in [5, 5.41) is 0. The van der Waals surface area contributed by atoms with E-state index in [9.17, 15) is 22.8 Å². The minimum Gasteiger partial charge on any atom is -0.399 e. The van der Waals surface area contributed by atoms with Crippen LogP contribution in [-0.2, 0) is 25.3 Å². The molecule has 2 fully saturated rings. The number of hydrogen-bond acceptors (Lipinski definition) is 4. The molecule has 2 aliphatic carbocycles. The van der Waals surface area contributed by atoms with Gasteiger partial charge in [0.2, 0.25) is 5.78 Å². The van der Waals surface area contributed by atoms with E-state index in [1.165, 1.54) is 0 Å². The van der Waals surface area contributed by atoms with Gasteiger partial charge in [-0.25, -0.2) is 0 Å². The molecule has 0 aromatic heterocycles. The van der Waals surface area contributed by atoms with E-state index in [0.717, 1.165) is 29.4 Å². The van der Waals surface area contributed by atoms with Crippen LogP contribution in [0.5, 0.6) is 0 Å². The lowest BCUT2D eigenvalue weighted by atomic mass is 9.77. The minimum absolute atomic E-state index is 0.0201. The van der Waals surface area contributed by atoms with Gasteiger partial charge in [0, 0.05) is 18.3 Å². The molecule has 4 rings (SSSR count). The second kappa shape index (κ2) is 7.17. The van der Waals surface area contributed by atoms with E-state index in [0.29, 0.717) is 12.8 Å². The van der Waals surface area contributed by atoms with Gasteiger partial charge in [-0.05, 0) is 75.9 Å². The smallest absolute Gasteiger partial charge is 0.399 e. The number of ketones is 2. The summed E-state index contributed by atoms with van der Waals surface area (Å²) in [7, 11) is -0.459. The Morgan fingerprint density at radius 2 is 1.71 bits per heavy atom. The van der Waals surface area contributed by atoms with Gasteiger partial charge in [0.25, 0.3) is 0 Å². The van der Waals surface area contributed by atoms with Crippen LogP contribution in [0.15, 0.2) is 18.2 Å². The van der Waals surface area contributed by atoms with E-state index in [1.807, 2.05) is 39.8 Å². The first-order valence-electron chi connectivity index (χ1n) is 10.9. The molecule has 1 heterocycles. The standard InChI is InChI=1S/C23H28BF3O4/c1-20(2)21(3,4)31-24(30-20)16-7-8-17-14(11-16)5-6-15(17)12-18(28)22(9-10-22)13-19(29)23(25,26)27/h7-8,11,15H,5-6,9-10,12-13H2,1-4H3. The number of carbonyl (C=O) groups is 2. The third-order valence-electron chi connectivity index (χ3n) is 7.59. The largest absolute Gasteiger partial charge is 0.494 e. The Bertz CT molecular complexity index is 902. The Labute approximate surface area is 181 Å². The maximum atomic E-state index is 12.8. The molecule has 1 aliphatic heterocycles. The van der Waals surface area contributed by atoms with E-state index in [-0.39, 0.29) is 18.1 Å². The van der Waals surface area contributed by atoms with Crippen LogP contribution in [-0.4, -0.2) is 36.1 Å². The first kappa shape index (κ1) is 22.5. The number of Topliss-reactive ketones (excluding diaryl/α,β-unsaturated/α-hetero) is 2. The summed E-state index contributed by atoms with van der Waals surface area (Å²) in [5.41, 5.74) is 1.15. The molecule has 0 amide bonds. The Morgan fingerprint density at radius 3 is 2.26 bits per heavy atom. The summed E-state index contributed by atoms with van der Waals surface area (Å²) in [5.74, 6) is -2.02. The van der Waals surface area contributed by atoms with Crippen molar-refractivity contribution in [1.29, 1.82) is 0 Å². The summed E-state index contributed by atoms with van der Waals surface area (Å²) in [4.78, 5) is 24.2. The zero-order valence-corrected chi connectivity index (χ0v) is 18.4. The van der Waals surface area contributed by atoms with Crippen LogP contribution in [0.1, 0.15) is 76.8 Å². The maximum Gasteiger partial charge on any atom is 0.494 e. The van der Waals surface area contributed by atoms with Gasteiger partial charge in [0.05, 0.1) is 11.2 Å². The van der Waals surface area contributed by atoms with Gasteiger partial charge in [0.1, 0.15) is 5.78 Å². The molecule has 1 aromatic rings. The minimum atomic E-state index is -4.88. The summed E-state index contributed by atoms with van der Waals surface area (Å²) >= 11 is 0. The highest BCUT2D eigenvalue weighted by Crippen LogP contribution is 2.53. The van der Waals surface area contributed by atoms with Crippen molar-refractivity contribution in [2.24, 2.45) is 5.41 Å². The maximum absolute atomic E-state index is 12.8. The van der Waals surface area contributed by atoms with Gasteiger partial charge in [-0.3, -0.25) is 9.59 Å². The lowest BCUT2D eigenvalue weighted by Gasteiger charge is -2.32. The third kappa shape index (κ3) is 4.09. The molecule has 1 aromatic carbocycles. The summed E-state index contributed by atoms with van der Waals surface area (Å²) in [6, 6.07) is 5.99. The van der Waals surface area contributed by atoms with Gasteiger partial charge >= 0.3 is 13.3 Å². The highest BCUT2D eigenvalue weighted by atomic mass is 19.4. The second-order valence-corrected chi connectivity index (χ2v) is 10.3. The van der Waals surface area contributed by atoms with Crippen LogP contribution in [0.25, 0.3) is 0 Å². The zero-order chi connectivity index (χ0) is 22.8. The topological polar surface area (TPSA) is 52.6 Å². The average molecular weight is 436 g/mol. The van der Waals surface area contributed by atoms with Crippen LogP contribution >= 0.6 is 0 Å². The van der Waals surface area contributed by atoms with E-state index < -0.39 is 42.1 Å². The predicted octanol–water partition coefficient (Wildman–Crippen LogP) is 4.28. The van der Waals surface area contributed by atoms with Gasteiger partial charge in [-0.1, -0.05) is 18.2 Å². The highest BCUT2D eigenvalue weighted by Gasteiger charge is 2.55. The average Bonchev–Trinajstić information content (AvgIpc) is 3.27. The number of fused-ring (bicyclic) bond motifs is 1. The molecule has 0 radical (unpaired) electrons. The van der Waals surface area contributed by atoms with Crippen molar-refractivity contribution in [3.63, 3.8) is 0 Å². The number of alkyl halides is 3. The molecular formula is C23H28BF3O4. The molecule has 1 saturated carbocycles. The van der Waals surface area contributed by atoms with Crippen molar-refractivity contribution in [2.45, 2.75) is 89.5 Å². The summed E-state index contributed by atoms with van der Waals surface area (Å²) in [6.45, 7) is 8.00. The van der Waals surface area contributed by atoms with Gasteiger partial charge < -0.3 is 9.31 Å². The first-order valence-corrected chi connectivity index (χ1v) is 10.9. The fourth-order valence-electron chi connectivity index (χ4n) is 4.62. The third-order valence-corrected chi connectivity index (χ3v) is 7.59. The fraction of sp³-hybridized carbons (Fsp3) is 0.652. The Hall–Kier alpha value is -1.67. The number of aryl methyl sites for hydroxylation is 1. The van der Waals surface area contributed by atoms with Crippen molar-refractivity contribution in [1.82, 2.24) is 0 Å². The van der Waals surface area contributed by atoms with Crippen molar-refractivity contribution in [2.75, 3.05) is 0 Å². The molecule has 0 bridgehead atoms. The van der Waals surface area contributed by atoms with Crippen LogP contribution < -0.4 is 5.46 Å². The molecule has 1 saturated heterocycles. The van der Waals surface area contributed by atoms with Gasteiger partial charge in [-0.15, -0.1) is 0 Å². The summed E-state index contributed by atoms with van der Waals surface area (Å²) in [6.07, 6.45) is -3.09. The molecule has 0 N–H and O–H groups in total. The quantitative estimate of drug-likeness (QED) is 0.625. The van der Waals surface area contributed by atoms with Crippen LogP contribution in [0, 0.1) is 5.41 Å². The Morgan fingerprint density at radius 1 is 1.10 bits per heavy atom. The fourth-order valence-corrected chi connectivity index (χ4v) is 4.62. The molecule has 31 heavy (non-hydrogen) atoms. The molecule has 1 atom stereocenters. The Kier molecular flexibility index (Phi) is 5.21. The van der Waals surface area contributed by atoms with Gasteiger partial charge in [-0.2, -0.15) is 13.2 Å². The molecule has 4 nitrogen and oxygen atoms in total. The highest BCUT2D eigenvalue weighted by molar-refractivity contribution is 6.62. The number of halogens is 3. The molecule has 1 unspecified atom stereocenters. The van der Waals surface area contributed by atoms with Gasteiger partial charge in [0.15, 0.2) is 0 Å². The number of carbonyl (C=O) groups excluding carboxylic acids is 2. The normalized spacial score (nSPS) is 25.4. The van der Waals surface area contributed by atoms with Crippen molar-refractivity contribution in [3.8, 4) is 0 Å². The molecule has 168 valence electrons. The molecular weight excluding hydrogens is 408 g/mol. The lowest BCUT2D eigenvalue weighted by molar-refractivity contribution is -0.172. The predicted molar refractivity (Wildman–Crippen MR) is 110 cm³/mol. The first-order chi connectivity index (χ1) is 14.2. The van der Waals surface area contributed by atoms with Crippen molar-refractivity contribution in [3.05, 3.63) is 29.3 Å². The van der Waals surface area contributed by atoms with E-state index in [2.05, 4.69) is 6.07 Å². The monoisotopic (exact) mass is 436 g/mol. The van der Waals surface area contributed by atoms with Crippen LogP contribution in [0.4, 0.5) is 13.2 Å². The van der Waals surface area contributed by atoms with E-state index in [4.69, 9.17) is 9.31 Å². The molecule has 3 aliphatic rings. The number of benzene rings is 1. The van der Waals surface area contributed by atoms with Crippen LogP contribution in [0.2, 0.25) is 0 Å².